The highest BCUT2D eigenvalue weighted by atomic mass is 79.9. The summed E-state index contributed by atoms with van der Waals surface area (Å²) in [7, 11) is 1.71. The fourth-order valence-corrected chi connectivity index (χ4v) is 2.19. The molecule has 2 nitrogen and oxygen atoms in total. The number of hydrogen-bond acceptors (Lipinski definition) is 2. The maximum atomic E-state index is 5.23. The number of nitrogens with one attached hydrogen (secondary N) is 1. The molecule has 1 aliphatic rings. The first-order valence-electron chi connectivity index (χ1n) is 5.85. The Kier molecular flexibility index (Phi) is 4.24. The molecule has 0 radical (unpaired) electrons. The summed E-state index contributed by atoms with van der Waals surface area (Å²) in [5, 5.41) is 3.53. The molecular weight excluding hydrogens is 266 g/mol. The smallest absolute Gasteiger partial charge is 0.119 e. The molecule has 1 fully saturated rings. The summed E-state index contributed by atoms with van der Waals surface area (Å²) in [5.41, 5.74) is 1.33. The lowest BCUT2D eigenvalue weighted by molar-refractivity contribution is 0.414. The SMILES string of the molecule is COc1ccc(Br)c(CCCNC2CC2)c1. The van der Waals surface area contributed by atoms with Crippen LogP contribution in [0.5, 0.6) is 5.75 Å². The molecule has 0 saturated heterocycles. The van der Waals surface area contributed by atoms with E-state index in [9.17, 15) is 0 Å². The van der Waals surface area contributed by atoms with Crippen LogP contribution >= 0.6 is 15.9 Å². The molecule has 1 aromatic rings. The zero-order chi connectivity index (χ0) is 11.4. The van der Waals surface area contributed by atoms with Crippen molar-refractivity contribution >= 4 is 15.9 Å². The highest BCUT2D eigenvalue weighted by Gasteiger charge is 2.19. The summed E-state index contributed by atoms with van der Waals surface area (Å²) < 4.78 is 6.41. The van der Waals surface area contributed by atoms with Crippen LogP contribution in [-0.4, -0.2) is 19.7 Å². The molecule has 3 heteroatoms. The maximum Gasteiger partial charge on any atom is 0.119 e. The molecule has 0 bridgehead atoms. The molecule has 16 heavy (non-hydrogen) atoms. The van der Waals surface area contributed by atoms with Crippen LogP contribution in [0.2, 0.25) is 0 Å². The number of halogens is 1. The van der Waals surface area contributed by atoms with Gasteiger partial charge in [0.2, 0.25) is 0 Å². The van der Waals surface area contributed by atoms with Gasteiger partial charge in [0.25, 0.3) is 0 Å². The monoisotopic (exact) mass is 283 g/mol. The van der Waals surface area contributed by atoms with E-state index in [4.69, 9.17) is 4.74 Å². The second-order valence-corrected chi connectivity index (χ2v) is 5.14. The fourth-order valence-electron chi connectivity index (χ4n) is 1.74. The van der Waals surface area contributed by atoms with Crippen LogP contribution in [0.25, 0.3) is 0 Å². The minimum Gasteiger partial charge on any atom is -0.497 e. The van der Waals surface area contributed by atoms with E-state index in [1.165, 1.54) is 29.3 Å². The Morgan fingerprint density at radius 1 is 1.44 bits per heavy atom. The first-order valence-corrected chi connectivity index (χ1v) is 6.64. The summed E-state index contributed by atoms with van der Waals surface area (Å²) >= 11 is 3.58. The van der Waals surface area contributed by atoms with Gasteiger partial charge in [-0.2, -0.15) is 0 Å². The van der Waals surface area contributed by atoms with Gasteiger partial charge in [0.1, 0.15) is 5.75 Å². The lowest BCUT2D eigenvalue weighted by Gasteiger charge is -2.07. The van der Waals surface area contributed by atoms with E-state index in [-0.39, 0.29) is 0 Å². The summed E-state index contributed by atoms with van der Waals surface area (Å²) in [6.07, 6.45) is 5.01. The summed E-state index contributed by atoms with van der Waals surface area (Å²) in [6, 6.07) is 6.97. The number of aryl methyl sites for hydroxylation is 1. The average molecular weight is 284 g/mol. The number of methoxy groups -OCH3 is 1. The Bertz CT molecular complexity index is 350. The van der Waals surface area contributed by atoms with Gasteiger partial charge in [-0.15, -0.1) is 0 Å². The van der Waals surface area contributed by atoms with Gasteiger partial charge in [0, 0.05) is 10.5 Å². The molecule has 0 unspecified atom stereocenters. The van der Waals surface area contributed by atoms with Gasteiger partial charge < -0.3 is 10.1 Å². The van der Waals surface area contributed by atoms with Gasteiger partial charge in [-0.3, -0.25) is 0 Å². The molecule has 1 N–H and O–H groups in total. The van der Waals surface area contributed by atoms with Crippen LogP contribution < -0.4 is 10.1 Å². The zero-order valence-electron chi connectivity index (χ0n) is 9.63. The van der Waals surface area contributed by atoms with E-state index in [0.717, 1.165) is 24.8 Å². The predicted octanol–water partition coefficient (Wildman–Crippen LogP) is 3.14. The second-order valence-electron chi connectivity index (χ2n) is 4.29. The highest BCUT2D eigenvalue weighted by Crippen LogP contribution is 2.24. The van der Waals surface area contributed by atoms with E-state index in [2.05, 4.69) is 33.4 Å². The van der Waals surface area contributed by atoms with E-state index in [0.29, 0.717) is 0 Å². The third-order valence-electron chi connectivity index (χ3n) is 2.89. The summed E-state index contributed by atoms with van der Waals surface area (Å²) in [5.74, 6) is 0.938. The van der Waals surface area contributed by atoms with E-state index in [1.807, 2.05) is 6.07 Å². The van der Waals surface area contributed by atoms with Gasteiger partial charge in [0.05, 0.1) is 7.11 Å². The number of hydrogen-bond donors (Lipinski definition) is 1. The van der Waals surface area contributed by atoms with Crippen molar-refractivity contribution in [1.29, 1.82) is 0 Å². The van der Waals surface area contributed by atoms with Crippen molar-refractivity contribution < 1.29 is 4.74 Å². The topological polar surface area (TPSA) is 21.3 Å². The Morgan fingerprint density at radius 3 is 2.94 bits per heavy atom. The van der Waals surface area contributed by atoms with Crippen LogP contribution in [0.3, 0.4) is 0 Å². The average Bonchev–Trinajstić information content (AvgIpc) is 3.10. The Balaban J connectivity index is 1.81. The molecule has 1 saturated carbocycles. The minimum absolute atomic E-state index is 0.814. The van der Waals surface area contributed by atoms with Crippen LogP contribution in [0, 0.1) is 0 Å². The van der Waals surface area contributed by atoms with Crippen molar-refractivity contribution in [1.82, 2.24) is 5.32 Å². The normalized spacial score (nSPS) is 15.1. The van der Waals surface area contributed by atoms with E-state index >= 15 is 0 Å². The molecule has 0 aliphatic heterocycles. The molecule has 0 spiro atoms. The highest BCUT2D eigenvalue weighted by molar-refractivity contribution is 9.10. The van der Waals surface area contributed by atoms with Gasteiger partial charge in [-0.1, -0.05) is 15.9 Å². The molecule has 2 rings (SSSR count). The Hall–Kier alpha value is -0.540. The quantitative estimate of drug-likeness (QED) is 0.810. The van der Waals surface area contributed by atoms with Crippen LogP contribution in [0.1, 0.15) is 24.8 Å². The largest absolute Gasteiger partial charge is 0.497 e. The lowest BCUT2D eigenvalue weighted by Crippen LogP contribution is -2.17. The fraction of sp³-hybridized carbons (Fsp3) is 0.538. The molecule has 0 aromatic heterocycles. The van der Waals surface area contributed by atoms with Crippen LogP contribution in [-0.2, 0) is 6.42 Å². The number of rotatable bonds is 6. The minimum atomic E-state index is 0.814. The van der Waals surface area contributed by atoms with Gasteiger partial charge in [-0.25, -0.2) is 0 Å². The van der Waals surface area contributed by atoms with Crippen molar-refractivity contribution in [3.63, 3.8) is 0 Å². The van der Waals surface area contributed by atoms with Crippen molar-refractivity contribution in [3.05, 3.63) is 28.2 Å². The van der Waals surface area contributed by atoms with Crippen molar-refractivity contribution in [2.75, 3.05) is 13.7 Å². The molecule has 0 atom stereocenters. The third kappa shape index (κ3) is 3.49. The van der Waals surface area contributed by atoms with E-state index in [1.54, 1.807) is 7.11 Å². The van der Waals surface area contributed by atoms with Gasteiger partial charge in [0.15, 0.2) is 0 Å². The Morgan fingerprint density at radius 2 is 2.25 bits per heavy atom. The maximum absolute atomic E-state index is 5.23. The molecule has 1 aromatic carbocycles. The number of ether oxygens (including phenoxy) is 1. The van der Waals surface area contributed by atoms with Crippen LogP contribution in [0.4, 0.5) is 0 Å². The lowest BCUT2D eigenvalue weighted by atomic mass is 10.1. The zero-order valence-corrected chi connectivity index (χ0v) is 11.2. The first kappa shape index (κ1) is 11.9. The predicted molar refractivity (Wildman–Crippen MR) is 70.0 cm³/mol. The van der Waals surface area contributed by atoms with Crippen molar-refractivity contribution in [3.8, 4) is 5.75 Å². The summed E-state index contributed by atoms with van der Waals surface area (Å²) in [6.45, 7) is 1.12. The summed E-state index contributed by atoms with van der Waals surface area (Å²) in [4.78, 5) is 0. The second kappa shape index (κ2) is 5.69. The van der Waals surface area contributed by atoms with Crippen LogP contribution in [0.15, 0.2) is 22.7 Å². The first-order chi connectivity index (χ1) is 7.79. The van der Waals surface area contributed by atoms with E-state index < -0.39 is 0 Å². The standard InChI is InChI=1S/C13H18BrNO/c1-16-12-6-7-13(14)10(9-12)3-2-8-15-11-4-5-11/h6-7,9,11,15H,2-5,8H2,1H3. The molecule has 88 valence electrons. The third-order valence-corrected chi connectivity index (χ3v) is 3.66. The van der Waals surface area contributed by atoms with Crippen molar-refractivity contribution in [2.45, 2.75) is 31.7 Å². The van der Waals surface area contributed by atoms with Crippen molar-refractivity contribution in [2.24, 2.45) is 0 Å². The van der Waals surface area contributed by atoms with Gasteiger partial charge >= 0.3 is 0 Å². The molecular formula is C13H18BrNO. The number of benzene rings is 1. The van der Waals surface area contributed by atoms with Gasteiger partial charge in [-0.05, 0) is 56.0 Å². The Labute approximate surface area is 106 Å². The molecule has 0 amide bonds. The molecule has 1 aliphatic carbocycles. The molecule has 0 heterocycles.